The molecule has 0 spiro atoms. The third-order valence-electron chi connectivity index (χ3n) is 3.29. The van der Waals surface area contributed by atoms with Gasteiger partial charge < -0.3 is 4.74 Å². The summed E-state index contributed by atoms with van der Waals surface area (Å²) in [7, 11) is 1.68. The molecule has 0 N–H and O–H groups in total. The number of thioether (sulfide) groups is 1. The molecule has 3 nitrogen and oxygen atoms in total. The van der Waals surface area contributed by atoms with Crippen molar-refractivity contribution in [3.05, 3.63) is 29.3 Å². The molecule has 1 heterocycles. The van der Waals surface area contributed by atoms with Crippen LogP contribution in [0.4, 0.5) is 0 Å². The van der Waals surface area contributed by atoms with Crippen LogP contribution in [-0.2, 0) is 6.54 Å². The number of rotatable bonds is 3. The lowest BCUT2D eigenvalue weighted by Gasteiger charge is -2.33. The van der Waals surface area contributed by atoms with Crippen molar-refractivity contribution in [3.8, 4) is 11.8 Å². The zero-order valence-electron chi connectivity index (χ0n) is 10.8. The standard InChI is InChI=1S/C14H18N2OS/c1-11-10-18-6-5-16(11)9-13-7-12(8-15)3-4-14(13)17-2/h3-4,7,11H,5-6,9-10H2,1-2H3. The molecule has 4 heteroatoms. The van der Waals surface area contributed by atoms with E-state index in [2.05, 4.69) is 17.9 Å². The van der Waals surface area contributed by atoms with Gasteiger partial charge in [-0.2, -0.15) is 17.0 Å². The second kappa shape index (κ2) is 6.12. The Hall–Kier alpha value is -1.18. The Labute approximate surface area is 113 Å². The molecule has 1 aromatic rings. The molecule has 2 rings (SSSR count). The van der Waals surface area contributed by atoms with Gasteiger partial charge in [-0.05, 0) is 25.1 Å². The van der Waals surface area contributed by atoms with Crippen LogP contribution < -0.4 is 4.74 Å². The summed E-state index contributed by atoms with van der Waals surface area (Å²) in [5, 5.41) is 8.98. The molecule has 1 atom stereocenters. The number of nitrogens with zero attached hydrogens (tertiary/aromatic N) is 2. The van der Waals surface area contributed by atoms with Crippen LogP contribution in [0, 0.1) is 11.3 Å². The minimum Gasteiger partial charge on any atom is -0.496 e. The molecular weight excluding hydrogens is 244 g/mol. The van der Waals surface area contributed by atoms with Crippen LogP contribution in [0.5, 0.6) is 5.75 Å². The first-order valence-corrected chi connectivity index (χ1v) is 7.29. The first-order chi connectivity index (χ1) is 8.74. The molecule has 1 aliphatic heterocycles. The normalized spacial score (nSPS) is 20.4. The highest BCUT2D eigenvalue weighted by atomic mass is 32.2. The number of hydrogen-bond acceptors (Lipinski definition) is 4. The minimum atomic E-state index is 0.583. The van der Waals surface area contributed by atoms with Crippen LogP contribution in [0.3, 0.4) is 0 Å². The Morgan fingerprint density at radius 3 is 3.06 bits per heavy atom. The Kier molecular flexibility index (Phi) is 4.51. The number of ether oxygens (including phenoxy) is 1. The lowest BCUT2D eigenvalue weighted by atomic mass is 10.1. The first-order valence-electron chi connectivity index (χ1n) is 6.13. The number of benzene rings is 1. The molecule has 18 heavy (non-hydrogen) atoms. The Balaban J connectivity index is 2.18. The van der Waals surface area contributed by atoms with Crippen molar-refractivity contribution in [2.75, 3.05) is 25.2 Å². The zero-order valence-corrected chi connectivity index (χ0v) is 11.7. The van der Waals surface area contributed by atoms with Crippen molar-refractivity contribution in [1.29, 1.82) is 5.26 Å². The van der Waals surface area contributed by atoms with Gasteiger partial charge in [0.15, 0.2) is 0 Å². The number of hydrogen-bond donors (Lipinski definition) is 0. The van der Waals surface area contributed by atoms with Crippen LogP contribution in [0.2, 0.25) is 0 Å². The molecule has 0 aliphatic carbocycles. The Bertz CT molecular complexity index is 456. The van der Waals surface area contributed by atoms with Crippen molar-refractivity contribution in [2.24, 2.45) is 0 Å². The fourth-order valence-electron chi connectivity index (χ4n) is 2.19. The van der Waals surface area contributed by atoms with E-state index < -0.39 is 0 Å². The van der Waals surface area contributed by atoms with E-state index in [9.17, 15) is 0 Å². The number of methoxy groups -OCH3 is 1. The summed E-state index contributed by atoms with van der Waals surface area (Å²) in [6.07, 6.45) is 0. The van der Waals surface area contributed by atoms with Crippen LogP contribution in [0.25, 0.3) is 0 Å². The summed E-state index contributed by atoms with van der Waals surface area (Å²) in [5.74, 6) is 3.24. The zero-order chi connectivity index (χ0) is 13.0. The highest BCUT2D eigenvalue weighted by Gasteiger charge is 2.20. The van der Waals surface area contributed by atoms with E-state index in [0.717, 1.165) is 24.4 Å². The molecule has 0 radical (unpaired) electrons. The van der Waals surface area contributed by atoms with Gasteiger partial charge in [0.05, 0.1) is 18.7 Å². The lowest BCUT2D eigenvalue weighted by Crippen LogP contribution is -2.39. The van der Waals surface area contributed by atoms with Gasteiger partial charge in [0, 0.05) is 36.2 Å². The van der Waals surface area contributed by atoms with Gasteiger partial charge in [-0.3, -0.25) is 4.90 Å². The largest absolute Gasteiger partial charge is 0.496 e. The quantitative estimate of drug-likeness (QED) is 0.838. The molecule has 0 bridgehead atoms. The van der Waals surface area contributed by atoms with E-state index in [1.807, 2.05) is 23.9 Å². The smallest absolute Gasteiger partial charge is 0.123 e. The van der Waals surface area contributed by atoms with Gasteiger partial charge in [0.1, 0.15) is 5.75 Å². The van der Waals surface area contributed by atoms with E-state index in [1.165, 1.54) is 11.5 Å². The average Bonchev–Trinajstić information content (AvgIpc) is 2.41. The lowest BCUT2D eigenvalue weighted by molar-refractivity contribution is 0.221. The van der Waals surface area contributed by atoms with Gasteiger partial charge in [0.2, 0.25) is 0 Å². The fourth-order valence-corrected chi connectivity index (χ4v) is 3.27. The van der Waals surface area contributed by atoms with Crippen LogP contribution in [0.15, 0.2) is 18.2 Å². The molecule has 1 fully saturated rings. The highest BCUT2D eigenvalue weighted by molar-refractivity contribution is 7.99. The SMILES string of the molecule is COc1ccc(C#N)cc1CN1CCSCC1C. The first kappa shape index (κ1) is 13.3. The third-order valence-corrected chi connectivity index (χ3v) is 4.48. The summed E-state index contributed by atoms with van der Waals surface area (Å²) < 4.78 is 5.38. The summed E-state index contributed by atoms with van der Waals surface area (Å²) in [6, 6.07) is 8.40. The topological polar surface area (TPSA) is 36.3 Å². The van der Waals surface area contributed by atoms with E-state index >= 15 is 0 Å². The Morgan fingerprint density at radius 1 is 1.56 bits per heavy atom. The molecule has 1 unspecified atom stereocenters. The van der Waals surface area contributed by atoms with Crippen molar-refractivity contribution < 1.29 is 4.74 Å². The van der Waals surface area contributed by atoms with Crippen molar-refractivity contribution in [1.82, 2.24) is 4.90 Å². The molecular formula is C14H18N2OS. The predicted molar refractivity (Wildman–Crippen MR) is 74.9 cm³/mol. The van der Waals surface area contributed by atoms with Crippen LogP contribution in [-0.4, -0.2) is 36.1 Å². The van der Waals surface area contributed by atoms with Gasteiger partial charge in [-0.15, -0.1) is 0 Å². The van der Waals surface area contributed by atoms with Crippen molar-refractivity contribution in [2.45, 2.75) is 19.5 Å². The molecule has 1 saturated heterocycles. The summed E-state index contributed by atoms with van der Waals surface area (Å²) >= 11 is 2.01. The maximum atomic E-state index is 8.98. The van der Waals surface area contributed by atoms with Gasteiger partial charge in [-0.25, -0.2) is 0 Å². The summed E-state index contributed by atoms with van der Waals surface area (Å²) in [6.45, 7) is 4.22. The van der Waals surface area contributed by atoms with E-state index in [4.69, 9.17) is 10.00 Å². The molecule has 1 aromatic carbocycles. The second-order valence-electron chi connectivity index (χ2n) is 4.53. The Morgan fingerprint density at radius 2 is 2.39 bits per heavy atom. The maximum absolute atomic E-state index is 8.98. The highest BCUT2D eigenvalue weighted by Crippen LogP contribution is 2.24. The summed E-state index contributed by atoms with van der Waals surface area (Å²) in [5.41, 5.74) is 1.81. The number of nitriles is 1. The van der Waals surface area contributed by atoms with Crippen molar-refractivity contribution in [3.63, 3.8) is 0 Å². The molecule has 96 valence electrons. The van der Waals surface area contributed by atoms with E-state index in [0.29, 0.717) is 11.6 Å². The van der Waals surface area contributed by atoms with E-state index in [-0.39, 0.29) is 0 Å². The molecule has 0 saturated carbocycles. The van der Waals surface area contributed by atoms with E-state index in [1.54, 1.807) is 13.2 Å². The van der Waals surface area contributed by atoms with Gasteiger partial charge >= 0.3 is 0 Å². The monoisotopic (exact) mass is 262 g/mol. The molecule has 1 aliphatic rings. The van der Waals surface area contributed by atoms with Gasteiger partial charge in [-0.1, -0.05) is 0 Å². The maximum Gasteiger partial charge on any atom is 0.123 e. The fraction of sp³-hybridized carbons (Fsp3) is 0.500. The van der Waals surface area contributed by atoms with Crippen molar-refractivity contribution >= 4 is 11.8 Å². The molecule has 0 aromatic heterocycles. The van der Waals surface area contributed by atoms with Crippen LogP contribution in [0.1, 0.15) is 18.1 Å². The third kappa shape index (κ3) is 2.98. The molecule has 0 amide bonds. The van der Waals surface area contributed by atoms with Gasteiger partial charge in [0.25, 0.3) is 0 Å². The summed E-state index contributed by atoms with van der Waals surface area (Å²) in [4.78, 5) is 2.45. The van der Waals surface area contributed by atoms with Crippen LogP contribution >= 0.6 is 11.8 Å². The second-order valence-corrected chi connectivity index (χ2v) is 5.68. The predicted octanol–water partition coefficient (Wildman–Crippen LogP) is 2.50. The minimum absolute atomic E-state index is 0.583. The average molecular weight is 262 g/mol.